The van der Waals surface area contributed by atoms with Gasteiger partial charge in [0.15, 0.2) is 4.90 Å². The van der Waals surface area contributed by atoms with Crippen molar-refractivity contribution in [2.24, 2.45) is 0 Å². The molecule has 3 rings (SSSR count). The molecule has 1 aromatic heterocycles. The van der Waals surface area contributed by atoms with E-state index >= 15 is 0 Å². The first-order valence-corrected chi connectivity index (χ1v) is 9.09. The molecule has 9 nitrogen and oxygen atoms in total. The second-order valence-electron chi connectivity index (χ2n) is 5.52. The number of benzene rings is 1. The first-order valence-electron chi connectivity index (χ1n) is 7.65. The van der Waals surface area contributed by atoms with Gasteiger partial charge in [0.25, 0.3) is 5.69 Å². The highest BCUT2D eigenvalue weighted by Crippen LogP contribution is 2.28. The van der Waals surface area contributed by atoms with E-state index in [4.69, 9.17) is 4.74 Å². The fraction of sp³-hybridized carbons (Fsp3) is 0.333. The minimum Gasteiger partial charge on any atom is -0.473 e. The molecular formula is C15H16N4O5S. The second kappa shape index (κ2) is 7.11. The Bertz CT molecular complexity index is 859. The highest BCUT2D eigenvalue weighted by Gasteiger charge is 2.35. The van der Waals surface area contributed by atoms with Crippen LogP contribution in [0, 0.1) is 10.1 Å². The number of hydrogen-bond acceptors (Lipinski definition) is 7. The van der Waals surface area contributed by atoms with E-state index in [1.165, 1.54) is 41.1 Å². The number of sulfonamides is 1. The predicted molar refractivity (Wildman–Crippen MR) is 87.5 cm³/mol. The lowest BCUT2D eigenvalue weighted by Crippen LogP contribution is -2.44. The van der Waals surface area contributed by atoms with Crippen molar-refractivity contribution in [1.29, 1.82) is 0 Å². The largest absolute Gasteiger partial charge is 0.473 e. The number of ether oxygens (including phenoxy) is 1. The molecule has 1 aromatic carbocycles. The van der Waals surface area contributed by atoms with Crippen LogP contribution >= 0.6 is 0 Å². The molecule has 1 unspecified atom stereocenters. The van der Waals surface area contributed by atoms with Crippen molar-refractivity contribution in [2.75, 3.05) is 13.1 Å². The van der Waals surface area contributed by atoms with Gasteiger partial charge in [0.2, 0.25) is 15.9 Å². The molecule has 2 aromatic rings. The number of nitro benzene ring substituents is 1. The minimum absolute atomic E-state index is 0.110. The van der Waals surface area contributed by atoms with E-state index in [9.17, 15) is 18.5 Å². The molecule has 25 heavy (non-hydrogen) atoms. The summed E-state index contributed by atoms with van der Waals surface area (Å²) in [6.07, 6.45) is 3.77. The summed E-state index contributed by atoms with van der Waals surface area (Å²) in [5.41, 5.74) is -0.429. The zero-order chi connectivity index (χ0) is 17.9. The van der Waals surface area contributed by atoms with Crippen LogP contribution in [0.1, 0.15) is 12.8 Å². The third-order valence-corrected chi connectivity index (χ3v) is 5.78. The van der Waals surface area contributed by atoms with Gasteiger partial charge in [-0.25, -0.2) is 18.4 Å². The average molecular weight is 364 g/mol. The number of nitrogens with zero attached hydrogens (tertiary/aromatic N) is 4. The van der Waals surface area contributed by atoms with E-state index < -0.39 is 20.6 Å². The molecule has 10 heteroatoms. The molecule has 0 N–H and O–H groups in total. The van der Waals surface area contributed by atoms with Gasteiger partial charge < -0.3 is 4.74 Å². The van der Waals surface area contributed by atoms with E-state index in [2.05, 4.69) is 9.97 Å². The van der Waals surface area contributed by atoms with Crippen LogP contribution < -0.4 is 4.74 Å². The summed E-state index contributed by atoms with van der Waals surface area (Å²) >= 11 is 0. The highest BCUT2D eigenvalue weighted by atomic mass is 32.2. The second-order valence-corrected chi connectivity index (χ2v) is 7.42. The van der Waals surface area contributed by atoms with Crippen LogP contribution in [0.4, 0.5) is 5.69 Å². The van der Waals surface area contributed by atoms with Crippen LogP contribution in [0.5, 0.6) is 5.88 Å². The van der Waals surface area contributed by atoms with Crippen molar-refractivity contribution >= 4 is 15.7 Å². The number of para-hydroxylation sites is 1. The maximum Gasteiger partial charge on any atom is 0.289 e. The Morgan fingerprint density at radius 3 is 2.80 bits per heavy atom. The molecule has 1 saturated heterocycles. The molecule has 1 fully saturated rings. The van der Waals surface area contributed by atoms with Gasteiger partial charge >= 0.3 is 0 Å². The summed E-state index contributed by atoms with van der Waals surface area (Å²) in [7, 11) is -3.98. The Morgan fingerprint density at radius 2 is 2.08 bits per heavy atom. The normalized spacial score (nSPS) is 18.6. The predicted octanol–water partition coefficient (Wildman–Crippen LogP) is 1.62. The Kier molecular flexibility index (Phi) is 4.91. The highest BCUT2D eigenvalue weighted by molar-refractivity contribution is 7.89. The maximum absolute atomic E-state index is 12.9. The Hall–Kier alpha value is -2.59. The zero-order valence-electron chi connectivity index (χ0n) is 13.2. The fourth-order valence-electron chi connectivity index (χ4n) is 2.70. The zero-order valence-corrected chi connectivity index (χ0v) is 14.0. The van der Waals surface area contributed by atoms with Crippen molar-refractivity contribution in [1.82, 2.24) is 14.3 Å². The Morgan fingerprint density at radius 1 is 1.28 bits per heavy atom. The number of nitro groups is 1. The molecule has 1 aliphatic heterocycles. The molecule has 0 saturated carbocycles. The van der Waals surface area contributed by atoms with Crippen molar-refractivity contribution < 1.29 is 18.1 Å². The number of hydrogen-bond donors (Lipinski definition) is 0. The summed E-state index contributed by atoms with van der Waals surface area (Å²) in [6, 6.07) is 6.94. The summed E-state index contributed by atoms with van der Waals surface area (Å²) in [6.45, 7) is 0.399. The molecule has 0 bridgehead atoms. The van der Waals surface area contributed by atoms with Crippen LogP contribution in [0.25, 0.3) is 0 Å². The molecule has 0 radical (unpaired) electrons. The molecule has 2 heterocycles. The van der Waals surface area contributed by atoms with Crippen molar-refractivity contribution in [2.45, 2.75) is 23.8 Å². The Labute approximate surface area is 144 Å². The Balaban J connectivity index is 1.82. The van der Waals surface area contributed by atoms with Gasteiger partial charge in [-0.3, -0.25) is 10.1 Å². The number of rotatable bonds is 5. The topological polar surface area (TPSA) is 116 Å². The maximum atomic E-state index is 12.9. The van der Waals surface area contributed by atoms with Gasteiger partial charge in [0.1, 0.15) is 12.4 Å². The smallest absolute Gasteiger partial charge is 0.289 e. The van der Waals surface area contributed by atoms with E-state index in [1.807, 2.05) is 0 Å². The van der Waals surface area contributed by atoms with Crippen LogP contribution in [0.3, 0.4) is 0 Å². The van der Waals surface area contributed by atoms with Crippen molar-refractivity contribution in [3.63, 3.8) is 0 Å². The molecule has 0 amide bonds. The number of aromatic nitrogens is 2. The fourth-order valence-corrected chi connectivity index (χ4v) is 4.37. The summed E-state index contributed by atoms with van der Waals surface area (Å²) in [5.74, 6) is 0.366. The molecule has 0 aliphatic carbocycles. The van der Waals surface area contributed by atoms with Crippen LogP contribution in [-0.2, 0) is 10.0 Å². The molecule has 1 atom stereocenters. The third kappa shape index (κ3) is 3.74. The quantitative estimate of drug-likeness (QED) is 0.584. The van der Waals surface area contributed by atoms with Gasteiger partial charge in [0.05, 0.1) is 11.5 Å². The first kappa shape index (κ1) is 17.2. The SMILES string of the molecule is O=[N+]([O-])c1ccccc1S(=O)(=O)N1CCCC(Oc2ccncn2)C1. The lowest BCUT2D eigenvalue weighted by molar-refractivity contribution is -0.387. The third-order valence-electron chi connectivity index (χ3n) is 3.86. The van der Waals surface area contributed by atoms with Crippen LogP contribution in [0.15, 0.2) is 47.8 Å². The average Bonchev–Trinajstić information content (AvgIpc) is 2.63. The lowest BCUT2D eigenvalue weighted by atomic mass is 10.1. The minimum atomic E-state index is -3.98. The summed E-state index contributed by atoms with van der Waals surface area (Å²) in [5, 5.41) is 11.1. The van der Waals surface area contributed by atoms with E-state index in [1.54, 1.807) is 6.07 Å². The van der Waals surface area contributed by atoms with Crippen molar-refractivity contribution in [3.8, 4) is 5.88 Å². The van der Waals surface area contributed by atoms with Crippen LogP contribution in [0.2, 0.25) is 0 Å². The van der Waals surface area contributed by atoms with E-state index in [-0.39, 0.29) is 24.1 Å². The van der Waals surface area contributed by atoms with Gasteiger partial charge in [-0.2, -0.15) is 4.31 Å². The standard InChI is InChI=1S/C15H16N4O5S/c20-19(21)13-5-1-2-6-14(13)25(22,23)18-9-3-4-12(10-18)24-15-7-8-16-11-17-15/h1-2,5-8,11-12H,3-4,9-10H2. The van der Waals surface area contributed by atoms with Gasteiger partial charge in [-0.15, -0.1) is 0 Å². The summed E-state index contributed by atoms with van der Waals surface area (Å²) in [4.78, 5) is 17.9. The van der Waals surface area contributed by atoms with Crippen molar-refractivity contribution in [3.05, 3.63) is 53.0 Å². The molecular weight excluding hydrogens is 348 g/mol. The summed E-state index contributed by atoms with van der Waals surface area (Å²) < 4.78 is 32.6. The first-order chi connectivity index (χ1) is 12.0. The van der Waals surface area contributed by atoms with Gasteiger partial charge in [-0.05, 0) is 18.9 Å². The molecule has 132 valence electrons. The van der Waals surface area contributed by atoms with Gasteiger partial charge in [0, 0.05) is 24.9 Å². The van der Waals surface area contributed by atoms with Gasteiger partial charge in [-0.1, -0.05) is 12.1 Å². The van der Waals surface area contributed by atoms with Crippen LogP contribution in [-0.4, -0.2) is 46.8 Å². The molecule has 1 aliphatic rings. The monoisotopic (exact) mass is 364 g/mol. The van der Waals surface area contributed by atoms with E-state index in [0.29, 0.717) is 18.7 Å². The number of piperidine rings is 1. The van der Waals surface area contributed by atoms with E-state index in [0.717, 1.165) is 0 Å². The molecule has 0 spiro atoms. The lowest BCUT2D eigenvalue weighted by Gasteiger charge is -2.31.